The Morgan fingerprint density at radius 1 is 0.341 bits per heavy atom. The summed E-state index contributed by atoms with van der Waals surface area (Å²) in [5.74, 6) is -5.05. The van der Waals surface area contributed by atoms with E-state index < -0.39 is 176 Å². The summed E-state index contributed by atoms with van der Waals surface area (Å²) in [5.41, 5.74) is 0. The second-order valence-electron chi connectivity index (χ2n) is 37.3. The van der Waals surface area contributed by atoms with E-state index in [0.29, 0.717) is 38.5 Å². The second-order valence-corrected chi connectivity index (χ2v) is 39.7. The fourth-order valence-corrected chi connectivity index (χ4v) is 18.4. The van der Waals surface area contributed by atoms with Gasteiger partial charge in [-0.1, -0.05) is 388 Å². The van der Waals surface area contributed by atoms with Gasteiger partial charge in [-0.15, -0.1) is 0 Å². The third-order valence-corrected chi connectivity index (χ3v) is 26.0. The van der Waals surface area contributed by atoms with Crippen LogP contribution in [0.2, 0.25) is 0 Å². The molecule has 2 aliphatic rings. The van der Waals surface area contributed by atoms with Crippen molar-refractivity contribution in [3.8, 4) is 0 Å². The van der Waals surface area contributed by atoms with Crippen LogP contribution in [0.25, 0.3) is 0 Å². The first-order chi connectivity index (χ1) is 62.3. The second kappa shape index (κ2) is 80.6. The van der Waals surface area contributed by atoms with Gasteiger partial charge in [0, 0.05) is 12.8 Å². The van der Waals surface area contributed by atoms with Crippen molar-refractivity contribution in [3.05, 3.63) is 12.2 Å². The summed E-state index contributed by atoms with van der Waals surface area (Å²) in [7, 11) is -11.4. The van der Waals surface area contributed by atoms with Crippen LogP contribution in [0.5, 0.6) is 0 Å². The molecule has 0 radical (unpaired) electrons. The lowest BCUT2D eigenvalue weighted by molar-refractivity contribution is -0.297. The predicted molar refractivity (Wildman–Crippen MR) is 508 cm³/mol. The van der Waals surface area contributed by atoms with Gasteiger partial charge in [0.25, 0.3) is 0 Å². The fraction of sp³-hybridized carbons (Fsp3) is 0.920. The van der Waals surface area contributed by atoms with E-state index in [1.807, 2.05) is 0 Å². The van der Waals surface area contributed by atoms with Crippen molar-refractivity contribution in [2.45, 2.75) is 577 Å². The SMILES string of the molecule is CCCCCC/C=C\CCCCCCCC(=O)OC(CCCCCCCCCCC)CC(=O)NC1[C@H](OCC2O[C@@H](OP(=O)(O)O)C(NC(=O)CC(O)CCCCCCCCCCC)[C@@H](OC(=O)CC(O)CCCCCCCCCCC)[C@@H]2O)OC(CO)[C@@H](OP(=O)(O)O)[C@@H]1OC(=O)CC(CCCCCCCCCCC)OC(=O)CCCCCCCCCCCCCCC. The summed E-state index contributed by atoms with van der Waals surface area (Å²) in [6, 6.07) is -3.87. The molecule has 758 valence electrons. The highest BCUT2D eigenvalue weighted by Crippen LogP contribution is 2.44. The van der Waals surface area contributed by atoms with Crippen molar-refractivity contribution in [3.63, 3.8) is 0 Å². The van der Waals surface area contributed by atoms with Crippen molar-refractivity contribution >= 4 is 51.3 Å². The number of aliphatic hydroxyl groups is 4. The molecule has 2 aliphatic heterocycles. The van der Waals surface area contributed by atoms with E-state index in [-0.39, 0.29) is 38.5 Å². The lowest BCUT2D eigenvalue weighted by atomic mass is 9.95. The first-order valence-corrected chi connectivity index (χ1v) is 55.4. The van der Waals surface area contributed by atoms with Gasteiger partial charge < -0.3 is 83.8 Å². The summed E-state index contributed by atoms with van der Waals surface area (Å²) >= 11 is 0. The zero-order valence-electron chi connectivity index (χ0n) is 81.6. The molecule has 2 fully saturated rings. The highest BCUT2D eigenvalue weighted by atomic mass is 31.2. The number of aliphatic hydroxyl groups excluding tert-OH is 4. The van der Waals surface area contributed by atoms with Crippen LogP contribution in [0.4, 0.5) is 0 Å². The summed E-state index contributed by atoms with van der Waals surface area (Å²) in [4.78, 5) is 129. The normalized spacial score (nSPS) is 20.0. The van der Waals surface area contributed by atoms with Crippen LogP contribution in [0.1, 0.15) is 491 Å². The number of esters is 4. The molecule has 29 heteroatoms. The number of phosphoric acid groups is 2. The summed E-state index contributed by atoms with van der Waals surface area (Å²) < 4.78 is 80.4. The van der Waals surface area contributed by atoms with Crippen molar-refractivity contribution in [2.24, 2.45) is 0 Å². The Kier molecular flexibility index (Phi) is 75.9. The smallest absolute Gasteiger partial charge is 0.462 e. The zero-order chi connectivity index (χ0) is 94.7. The number of rotatable bonds is 89. The molecule has 27 nitrogen and oxygen atoms in total. The van der Waals surface area contributed by atoms with Crippen LogP contribution in [-0.2, 0) is 80.1 Å². The van der Waals surface area contributed by atoms with Gasteiger partial charge in [-0.3, -0.25) is 37.8 Å². The standard InChI is InChI=1S/C100H188N2O25P2/c1-7-13-19-25-31-37-39-41-43-49-55-61-67-73-89(108)120-83(71-65-59-53-47-35-29-23-17-11-5)77-88(107)102-94-98(125-92(111)78-84(72-66-60-54-48-36-30-24-18-12-6)121-90(109)74-68-62-56-50-44-42-40-38-32-26-20-14-8-2)96(126-128(113,114)115)85(79-103)122-99(94)119-80-86-95(112)97(124-91(110)76-82(105)70-64-58-52-46-34-28-22-16-10-4)93(100(123-86)127-129(116,117)118)101-87(106)75-81(104)69-63-57-51-45-33-27-21-15-9-3/h37,39,81-86,93-100,103-105,112H,7-36,38,40-80H2,1-6H3,(H,101,106)(H,102,107)(H2,113,114,115)(H2,116,117,118)/b39-37-/t81?,82?,83?,84?,85?,86?,93?,94?,95-,96-,97-,98-,99-,100+/m1/s1. The van der Waals surface area contributed by atoms with E-state index >= 15 is 9.59 Å². The van der Waals surface area contributed by atoms with Crippen molar-refractivity contribution in [1.29, 1.82) is 0 Å². The Bertz CT molecular complexity index is 2870. The molecule has 0 aromatic carbocycles. The molecule has 10 N–H and O–H groups in total. The first kappa shape index (κ1) is 122. The molecule has 0 aliphatic carbocycles. The largest absolute Gasteiger partial charge is 0.472 e. The van der Waals surface area contributed by atoms with Crippen LogP contribution in [0.15, 0.2) is 12.2 Å². The first-order valence-electron chi connectivity index (χ1n) is 52.4. The molecule has 2 saturated heterocycles. The number of allylic oxidation sites excluding steroid dienone is 2. The molecular formula is C100H188N2O25P2. The van der Waals surface area contributed by atoms with Crippen LogP contribution in [0.3, 0.4) is 0 Å². The van der Waals surface area contributed by atoms with Gasteiger partial charge in [0.2, 0.25) is 11.8 Å². The molecule has 14 atom stereocenters. The summed E-state index contributed by atoms with van der Waals surface area (Å²) in [6.45, 7) is 10.9. The molecule has 0 aromatic heterocycles. The van der Waals surface area contributed by atoms with Gasteiger partial charge in [-0.05, 0) is 77.0 Å². The van der Waals surface area contributed by atoms with Gasteiger partial charge >= 0.3 is 39.5 Å². The number of unbranched alkanes of at least 4 members (excludes halogenated alkanes) is 53. The maximum Gasteiger partial charge on any atom is 0.472 e. The number of nitrogens with one attached hydrogen (secondary N) is 2. The number of carbonyl (C=O) groups excluding carboxylic acids is 6. The Morgan fingerprint density at radius 2 is 0.643 bits per heavy atom. The monoisotopic (exact) mass is 1880 g/mol. The van der Waals surface area contributed by atoms with Gasteiger partial charge in [0.15, 0.2) is 24.8 Å². The highest BCUT2D eigenvalue weighted by Gasteiger charge is 2.55. The minimum Gasteiger partial charge on any atom is -0.462 e. The van der Waals surface area contributed by atoms with E-state index in [1.165, 1.54) is 89.9 Å². The van der Waals surface area contributed by atoms with E-state index in [9.17, 15) is 68.3 Å². The Morgan fingerprint density at radius 3 is 1.02 bits per heavy atom. The van der Waals surface area contributed by atoms with E-state index in [2.05, 4.69) is 64.3 Å². The fourth-order valence-electron chi connectivity index (χ4n) is 17.3. The topological polar surface area (TPSA) is 406 Å². The quantitative estimate of drug-likeness (QED) is 0.00889. The minimum atomic E-state index is -5.70. The predicted octanol–water partition coefficient (Wildman–Crippen LogP) is 22.7. The Hall–Kier alpha value is -3.50. The molecule has 0 aromatic rings. The minimum absolute atomic E-state index is 0.0724. The Labute approximate surface area is 780 Å². The number of carbonyl (C=O) groups is 6. The number of amides is 2. The number of hydrogen-bond donors (Lipinski definition) is 10. The van der Waals surface area contributed by atoms with Crippen LogP contribution in [-0.4, -0.2) is 175 Å². The number of phosphoric ester groups is 2. The molecule has 0 saturated carbocycles. The average Bonchev–Trinajstić information content (AvgIpc) is 0.770. The Balaban J connectivity index is 2.83. The van der Waals surface area contributed by atoms with Crippen molar-refractivity contribution in [1.82, 2.24) is 10.6 Å². The molecule has 2 amide bonds. The summed E-state index contributed by atoms with van der Waals surface area (Å²) in [6.07, 6.45) is 43.1. The van der Waals surface area contributed by atoms with Gasteiger partial charge in [-0.25, -0.2) is 9.13 Å². The molecule has 129 heavy (non-hydrogen) atoms. The van der Waals surface area contributed by atoms with Gasteiger partial charge in [0.05, 0.1) is 51.1 Å². The molecule has 0 spiro atoms. The maximum atomic E-state index is 15.2. The van der Waals surface area contributed by atoms with E-state index in [4.69, 9.17) is 42.2 Å². The number of hydrogen-bond acceptors (Lipinski definition) is 21. The van der Waals surface area contributed by atoms with Crippen LogP contribution < -0.4 is 10.6 Å². The maximum absolute atomic E-state index is 15.2. The van der Waals surface area contributed by atoms with E-state index in [1.54, 1.807) is 0 Å². The van der Waals surface area contributed by atoms with Gasteiger partial charge in [0.1, 0.15) is 48.7 Å². The van der Waals surface area contributed by atoms with Gasteiger partial charge in [-0.2, -0.15) is 0 Å². The lowest BCUT2D eigenvalue weighted by Crippen LogP contribution is -2.68. The molecule has 2 rings (SSSR count). The third-order valence-electron chi connectivity index (χ3n) is 25.0. The highest BCUT2D eigenvalue weighted by molar-refractivity contribution is 7.46. The molecule has 8 unspecified atom stereocenters. The molecule has 2 heterocycles. The van der Waals surface area contributed by atoms with Crippen LogP contribution >= 0.6 is 15.6 Å². The van der Waals surface area contributed by atoms with E-state index in [0.717, 1.165) is 257 Å². The molecular weight excluding hydrogens is 1690 g/mol. The van der Waals surface area contributed by atoms with Crippen LogP contribution in [0, 0.1) is 0 Å². The summed E-state index contributed by atoms with van der Waals surface area (Å²) in [5, 5.41) is 51.6. The van der Waals surface area contributed by atoms with Crippen molar-refractivity contribution < 1.29 is 120 Å². The third kappa shape index (κ3) is 66.6. The average molecular weight is 1880 g/mol. The number of ether oxygens (including phenoxy) is 7. The van der Waals surface area contributed by atoms with Crippen molar-refractivity contribution in [2.75, 3.05) is 13.2 Å². The zero-order valence-corrected chi connectivity index (χ0v) is 83.4. The molecule has 0 bridgehead atoms. The lowest BCUT2D eigenvalue weighted by Gasteiger charge is -2.47.